The molecule has 0 saturated carbocycles. The first-order chi connectivity index (χ1) is 10.5. The van der Waals surface area contributed by atoms with Gasteiger partial charge in [-0.3, -0.25) is 14.5 Å². The first-order valence-electron chi connectivity index (χ1n) is 8.03. The molecule has 0 aromatic rings. The topological polar surface area (TPSA) is 61.9 Å². The van der Waals surface area contributed by atoms with E-state index < -0.39 is 0 Å². The number of morpholine rings is 1. The van der Waals surface area contributed by atoms with E-state index in [1.165, 1.54) is 11.8 Å². The highest BCUT2D eigenvalue weighted by atomic mass is 32.2. The molecule has 0 spiro atoms. The zero-order valence-electron chi connectivity index (χ0n) is 13.7. The van der Waals surface area contributed by atoms with Crippen molar-refractivity contribution in [2.75, 3.05) is 38.5 Å². The van der Waals surface area contributed by atoms with E-state index in [2.05, 4.69) is 31.0 Å². The standard InChI is InChI=1S/C15H27N3O3S/c1-11(18-9-12(2)21-13(3)10-18)8-16-14(19)4-5-17-6-7-22-15(17)20/h11-13H,4-10H2,1-3H3,(H,16,19)/t11-,12-,13-/m1/s1. The van der Waals surface area contributed by atoms with Gasteiger partial charge in [0.25, 0.3) is 5.24 Å². The van der Waals surface area contributed by atoms with Gasteiger partial charge in [-0.15, -0.1) is 0 Å². The SMILES string of the molecule is C[C@@H]1CN([C@H](C)CNC(=O)CCN2CCSC2=O)C[C@@H](C)O1. The van der Waals surface area contributed by atoms with Gasteiger partial charge < -0.3 is 15.0 Å². The predicted octanol–water partition coefficient (Wildman–Crippen LogP) is 1.16. The van der Waals surface area contributed by atoms with Crippen molar-refractivity contribution in [3.63, 3.8) is 0 Å². The van der Waals surface area contributed by atoms with Crippen LogP contribution in [0.3, 0.4) is 0 Å². The molecule has 126 valence electrons. The smallest absolute Gasteiger partial charge is 0.281 e. The summed E-state index contributed by atoms with van der Waals surface area (Å²) in [6, 6.07) is 0.293. The van der Waals surface area contributed by atoms with Crippen LogP contribution in [0.4, 0.5) is 4.79 Å². The minimum atomic E-state index is 0.0194. The number of carbonyl (C=O) groups excluding carboxylic acids is 2. The molecule has 0 bridgehead atoms. The molecule has 7 heteroatoms. The second-order valence-corrected chi connectivity index (χ2v) is 7.26. The van der Waals surface area contributed by atoms with E-state index in [0.29, 0.717) is 25.6 Å². The summed E-state index contributed by atoms with van der Waals surface area (Å²) in [7, 11) is 0. The van der Waals surface area contributed by atoms with Crippen LogP contribution >= 0.6 is 11.8 Å². The lowest BCUT2D eigenvalue weighted by molar-refractivity contribution is -0.121. The summed E-state index contributed by atoms with van der Waals surface area (Å²) in [6.45, 7) is 10.0. The first-order valence-corrected chi connectivity index (χ1v) is 9.02. The van der Waals surface area contributed by atoms with Crippen molar-refractivity contribution in [3.8, 4) is 0 Å². The monoisotopic (exact) mass is 329 g/mol. The van der Waals surface area contributed by atoms with E-state index in [4.69, 9.17) is 4.74 Å². The molecule has 6 nitrogen and oxygen atoms in total. The van der Waals surface area contributed by atoms with Gasteiger partial charge in [-0.05, 0) is 20.8 Å². The minimum Gasteiger partial charge on any atom is -0.373 e. The number of hydrogen-bond acceptors (Lipinski definition) is 5. The van der Waals surface area contributed by atoms with Crippen LogP contribution in [0, 0.1) is 0 Å². The Morgan fingerprint density at radius 3 is 2.68 bits per heavy atom. The molecule has 0 unspecified atom stereocenters. The van der Waals surface area contributed by atoms with Crippen molar-refractivity contribution in [1.82, 2.24) is 15.1 Å². The highest BCUT2D eigenvalue weighted by Crippen LogP contribution is 2.17. The molecule has 1 N–H and O–H groups in total. The van der Waals surface area contributed by atoms with Crippen LogP contribution in [0.2, 0.25) is 0 Å². The molecule has 3 atom stereocenters. The van der Waals surface area contributed by atoms with E-state index in [0.717, 1.165) is 25.4 Å². The molecule has 0 aliphatic carbocycles. The summed E-state index contributed by atoms with van der Waals surface area (Å²) < 4.78 is 5.73. The van der Waals surface area contributed by atoms with Gasteiger partial charge >= 0.3 is 0 Å². The van der Waals surface area contributed by atoms with Crippen molar-refractivity contribution in [3.05, 3.63) is 0 Å². The Kier molecular flexibility index (Phi) is 6.52. The summed E-state index contributed by atoms with van der Waals surface area (Å²) in [5, 5.41) is 3.08. The van der Waals surface area contributed by atoms with Crippen molar-refractivity contribution >= 4 is 22.9 Å². The first kappa shape index (κ1) is 17.6. The molecule has 0 radical (unpaired) electrons. The largest absolute Gasteiger partial charge is 0.373 e. The normalized spacial score (nSPS) is 28.0. The van der Waals surface area contributed by atoms with Gasteiger partial charge in [0.05, 0.1) is 12.2 Å². The second-order valence-electron chi connectivity index (χ2n) is 6.22. The quantitative estimate of drug-likeness (QED) is 0.792. The fourth-order valence-corrected chi connectivity index (χ4v) is 3.77. The van der Waals surface area contributed by atoms with Gasteiger partial charge in [-0.25, -0.2) is 0 Å². The molecule has 2 aliphatic heterocycles. The molecular weight excluding hydrogens is 302 g/mol. The Balaban J connectivity index is 1.65. The lowest BCUT2D eigenvalue weighted by Gasteiger charge is -2.39. The molecule has 2 amide bonds. The molecule has 2 aliphatic rings. The number of rotatable bonds is 6. The number of ether oxygens (including phenoxy) is 1. The van der Waals surface area contributed by atoms with Crippen LogP contribution in [0.15, 0.2) is 0 Å². The summed E-state index contributed by atoms with van der Waals surface area (Å²) in [5.41, 5.74) is 0. The molecule has 2 rings (SSSR count). The predicted molar refractivity (Wildman–Crippen MR) is 88.1 cm³/mol. The Labute approximate surface area is 136 Å². The van der Waals surface area contributed by atoms with Crippen LogP contribution in [0.5, 0.6) is 0 Å². The number of nitrogens with zero attached hydrogens (tertiary/aromatic N) is 2. The fraction of sp³-hybridized carbons (Fsp3) is 0.867. The van der Waals surface area contributed by atoms with Crippen molar-refractivity contribution in [2.24, 2.45) is 0 Å². The van der Waals surface area contributed by atoms with E-state index >= 15 is 0 Å². The maximum atomic E-state index is 11.9. The number of carbonyl (C=O) groups is 2. The van der Waals surface area contributed by atoms with E-state index in [1.807, 2.05) is 0 Å². The maximum absolute atomic E-state index is 11.9. The Morgan fingerprint density at radius 1 is 1.41 bits per heavy atom. The summed E-state index contributed by atoms with van der Waals surface area (Å²) in [6.07, 6.45) is 0.857. The Bertz CT molecular complexity index is 397. The number of nitrogens with one attached hydrogen (secondary N) is 1. The van der Waals surface area contributed by atoms with Crippen LogP contribution in [-0.2, 0) is 9.53 Å². The van der Waals surface area contributed by atoms with Gasteiger partial charge in [0, 0.05) is 50.9 Å². The molecule has 22 heavy (non-hydrogen) atoms. The second kappa shape index (κ2) is 8.17. The Hall–Kier alpha value is -0.790. The number of hydrogen-bond donors (Lipinski definition) is 1. The zero-order valence-corrected chi connectivity index (χ0v) is 14.5. The van der Waals surface area contributed by atoms with Crippen molar-refractivity contribution < 1.29 is 14.3 Å². The molecular formula is C15H27N3O3S. The molecule has 0 aromatic heterocycles. The zero-order chi connectivity index (χ0) is 16.1. The third-order valence-electron chi connectivity index (χ3n) is 4.12. The minimum absolute atomic E-state index is 0.0194. The summed E-state index contributed by atoms with van der Waals surface area (Å²) in [4.78, 5) is 27.5. The summed E-state index contributed by atoms with van der Waals surface area (Å²) in [5.74, 6) is 0.858. The van der Waals surface area contributed by atoms with Gasteiger partial charge in [-0.1, -0.05) is 11.8 Å². The lowest BCUT2D eigenvalue weighted by atomic mass is 10.1. The van der Waals surface area contributed by atoms with Gasteiger partial charge in [0.15, 0.2) is 0 Å². The van der Waals surface area contributed by atoms with Gasteiger partial charge in [-0.2, -0.15) is 0 Å². The molecule has 2 heterocycles. The number of thioether (sulfide) groups is 1. The Morgan fingerprint density at radius 2 is 2.09 bits per heavy atom. The summed E-state index contributed by atoms with van der Waals surface area (Å²) >= 11 is 1.33. The third kappa shape index (κ3) is 5.14. The molecule has 2 fully saturated rings. The fourth-order valence-electron chi connectivity index (χ4n) is 2.92. The van der Waals surface area contributed by atoms with Crippen molar-refractivity contribution in [2.45, 2.75) is 45.4 Å². The van der Waals surface area contributed by atoms with Crippen molar-refractivity contribution in [1.29, 1.82) is 0 Å². The van der Waals surface area contributed by atoms with Gasteiger partial charge in [0.1, 0.15) is 0 Å². The van der Waals surface area contributed by atoms with Gasteiger partial charge in [0.2, 0.25) is 5.91 Å². The molecule has 2 saturated heterocycles. The highest BCUT2D eigenvalue weighted by Gasteiger charge is 2.26. The number of amides is 2. The van der Waals surface area contributed by atoms with E-state index in [1.54, 1.807) is 4.90 Å². The van der Waals surface area contributed by atoms with E-state index in [-0.39, 0.29) is 23.4 Å². The van der Waals surface area contributed by atoms with Crippen LogP contribution in [-0.4, -0.2) is 77.7 Å². The van der Waals surface area contributed by atoms with Crippen LogP contribution < -0.4 is 5.32 Å². The average molecular weight is 329 g/mol. The third-order valence-corrected chi connectivity index (χ3v) is 5.01. The van der Waals surface area contributed by atoms with Crippen LogP contribution in [0.25, 0.3) is 0 Å². The van der Waals surface area contributed by atoms with E-state index in [9.17, 15) is 9.59 Å². The maximum Gasteiger partial charge on any atom is 0.281 e. The van der Waals surface area contributed by atoms with Crippen LogP contribution in [0.1, 0.15) is 27.2 Å². The average Bonchev–Trinajstić information content (AvgIpc) is 2.86. The highest BCUT2D eigenvalue weighted by molar-refractivity contribution is 8.13. The molecule has 0 aromatic carbocycles. The lowest BCUT2D eigenvalue weighted by Crippen LogP contribution is -2.52.